The predicted molar refractivity (Wildman–Crippen MR) is 138 cm³/mol. The quantitative estimate of drug-likeness (QED) is 0.310. The van der Waals surface area contributed by atoms with Crippen LogP contribution in [0.4, 0.5) is 0 Å². The third-order valence-corrected chi connectivity index (χ3v) is 7.83. The van der Waals surface area contributed by atoms with Crippen molar-refractivity contribution in [2.24, 2.45) is 17.8 Å². The highest BCUT2D eigenvalue weighted by atomic mass is 14.4. The van der Waals surface area contributed by atoms with Gasteiger partial charge in [-0.3, -0.25) is 0 Å². The van der Waals surface area contributed by atoms with Gasteiger partial charge in [-0.2, -0.15) is 0 Å². The molecule has 0 radical (unpaired) electrons. The first-order valence-electron chi connectivity index (χ1n) is 12.7. The molecule has 0 nitrogen and oxygen atoms in total. The van der Waals surface area contributed by atoms with Gasteiger partial charge in [-0.15, -0.1) is 13.2 Å². The molecule has 0 N–H and O–H groups in total. The Kier molecular flexibility index (Phi) is 8.06. The first-order chi connectivity index (χ1) is 15.7. The van der Waals surface area contributed by atoms with Crippen LogP contribution in [0.2, 0.25) is 0 Å². The van der Waals surface area contributed by atoms with E-state index in [2.05, 4.69) is 79.6 Å². The van der Waals surface area contributed by atoms with Gasteiger partial charge in [0.15, 0.2) is 0 Å². The predicted octanol–water partition coefficient (Wildman–Crippen LogP) is 8.47. The van der Waals surface area contributed by atoms with E-state index >= 15 is 0 Å². The highest BCUT2D eigenvalue weighted by Crippen LogP contribution is 2.48. The lowest BCUT2D eigenvalue weighted by Gasteiger charge is -2.42. The van der Waals surface area contributed by atoms with Crippen molar-refractivity contribution in [2.75, 3.05) is 0 Å². The summed E-state index contributed by atoms with van der Waals surface area (Å²) < 4.78 is 0. The van der Waals surface area contributed by atoms with Crippen LogP contribution in [0.15, 0.2) is 73.8 Å². The molecule has 0 spiro atoms. The summed E-state index contributed by atoms with van der Waals surface area (Å²) in [5.41, 5.74) is 5.06. The van der Waals surface area contributed by atoms with E-state index in [-0.39, 0.29) is 0 Å². The average molecular weight is 423 g/mol. The average Bonchev–Trinajstić information content (AvgIpc) is 2.85. The van der Waals surface area contributed by atoms with E-state index in [1.807, 2.05) is 6.08 Å². The molecule has 2 aliphatic rings. The molecular formula is C32H38. The molecule has 4 unspecified atom stereocenters. The van der Waals surface area contributed by atoms with Gasteiger partial charge >= 0.3 is 0 Å². The van der Waals surface area contributed by atoms with Crippen LogP contribution in [-0.4, -0.2) is 0 Å². The Morgan fingerprint density at radius 1 is 0.719 bits per heavy atom. The van der Waals surface area contributed by atoms with Crippen LogP contribution in [0.1, 0.15) is 86.0 Å². The van der Waals surface area contributed by atoms with Crippen LogP contribution in [0.25, 0.3) is 0 Å². The Hall–Kier alpha value is -2.52. The second-order valence-electron chi connectivity index (χ2n) is 9.97. The van der Waals surface area contributed by atoms with Gasteiger partial charge < -0.3 is 0 Å². The maximum absolute atomic E-state index is 3.90. The van der Waals surface area contributed by atoms with Crippen molar-refractivity contribution in [3.63, 3.8) is 0 Å². The monoisotopic (exact) mass is 422 g/mol. The largest absolute Gasteiger partial charge is 0.103 e. The number of hydrogen-bond acceptors (Lipinski definition) is 0. The maximum atomic E-state index is 3.90. The summed E-state index contributed by atoms with van der Waals surface area (Å²) in [6.45, 7) is 7.70. The minimum atomic E-state index is 0.742. The van der Waals surface area contributed by atoms with Crippen LogP contribution in [-0.2, 0) is 6.42 Å². The standard InChI is InChI=1S/C32H38/c1-3-5-7-25-9-11-26(12-10-25)13-14-27-15-18-29(19-16-27)31-22-21-30-23-28(8-6-4-2)17-20-32(30)24-31/h3-4,9-12,15-16,18-19,28,30-32H,1-2,5-8,17,20-24H2. The second-order valence-corrected chi connectivity index (χ2v) is 9.97. The molecule has 2 aliphatic carbocycles. The molecule has 0 saturated heterocycles. The molecule has 0 amide bonds. The smallest absolute Gasteiger partial charge is 0.0249 e. The minimum Gasteiger partial charge on any atom is -0.103 e. The first kappa shape index (κ1) is 22.7. The maximum Gasteiger partial charge on any atom is 0.0249 e. The van der Waals surface area contributed by atoms with E-state index < -0.39 is 0 Å². The number of benzene rings is 2. The van der Waals surface area contributed by atoms with Gasteiger partial charge in [0.2, 0.25) is 0 Å². The summed E-state index contributed by atoms with van der Waals surface area (Å²) in [4.78, 5) is 0. The number of aryl methyl sites for hydroxylation is 1. The van der Waals surface area contributed by atoms with E-state index in [0.29, 0.717) is 0 Å². The normalized spacial score (nSPS) is 24.6. The molecule has 2 aromatic rings. The van der Waals surface area contributed by atoms with Gasteiger partial charge in [0.1, 0.15) is 0 Å². The van der Waals surface area contributed by atoms with Crippen LogP contribution < -0.4 is 0 Å². The van der Waals surface area contributed by atoms with Crippen LogP contribution in [0.5, 0.6) is 0 Å². The van der Waals surface area contributed by atoms with E-state index in [1.165, 1.54) is 62.5 Å². The number of rotatable bonds is 7. The van der Waals surface area contributed by atoms with Gasteiger partial charge in [0, 0.05) is 11.1 Å². The minimum absolute atomic E-state index is 0.742. The first-order valence-corrected chi connectivity index (χ1v) is 12.7. The molecule has 32 heavy (non-hydrogen) atoms. The van der Waals surface area contributed by atoms with Crippen molar-refractivity contribution < 1.29 is 0 Å². The van der Waals surface area contributed by atoms with E-state index in [9.17, 15) is 0 Å². The second kappa shape index (κ2) is 11.4. The summed E-state index contributed by atoms with van der Waals surface area (Å²) in [5.74, 6) is 10.3. The van der Waals surface area contributed by atoms with Crippen LogP contribution in [0, 0.1) is 29.6 Å². The molecule has 2 fully saturated rings. The molecule has 0 heteroatoms. The Morgan fingerprint density at radius 2 is 1.34 bits per heavy atom. The summed E-state index contributed by atoms with van der Waals surface area (Å²) in [7, 11) is 0. The molecular weight excluding hydrogens is 384 g/mol. The molecule has 2 saturated carbocycles. The van der Waals surface area contributed by atoms with Crippen molar-refractivity contribution in [2.45, 2.75) is 70.1 Å². The fraction of sp³-hybridized carbons (Fsp3) is 0.438. The molecule has 4 atom stereocenters. The van der Waals surface area contributed by atoms with Gasteiger partial charge in [-0.05, 0) is 117 Å². The van der Waals surface area contributed by atoms with E-state index in [1.54, 1.807) is 0 Å². The molecule has 166 valence electrons. The highest BCUT2D eigenvalue weighted by molar-refractivity contribution is 5.44. The Bertz CT molecular complexity index is 934. The lowest BCUT2D eigenvalue weighted by Crippen LogP contribution is -2.30. The van der Waals surface area contributed by atoms with Crippen LogP contribution >= 0.6 is 0 Å². The number of fused-ring (bicyclic) bond motifs is 1. The summed E-state index contributed by atoms with van der Waals surface area (Å²) in [6.07, 6.45) is 17.2. The molecule has 0 aliphatic heterocycles. The summed E-state index contributed by atoms with van der Waals surface area (Å²) in [6, 6.07) is 17.7. The summed E-state index contributed by atoms with van der Waals surface area (Å²) in [5, 5.41) is 0. The fourth-order valence-electron chi connectivity index (χ4n) is 5.91. The van der Waals surface area contributed by atoms with Crippen LogP contribution in [0.3, 0.4) is 0 Å². The van der Waals surface area contributed by atoms with Crippen molar-refractivity contribution in [3.8, 4) is 11.8 Å². The zero-order valence-corrected chi connectivity index (χ0v) is 19.6. The molecule has 0 bridgehead atoms. The zero-order valence-electron chi connectivity index (χ0n) is 19.6. The topological polar surface area (TPSA) is 0 Å². The SMILES string of the molecule is C=CCCc1ccc(C#Cc2ccc(C3CCC4CC(CCC=C)CCC4C3)cc2)cc1. The Morgan fingerprint density at radius 3 is 2.03 bits per heavy atom. The zero-order chi connectivity index (χ0) is 22.2. The molecule has 2 aromatic carbocycles. The van der Waals surface area contributed by atoms with Gasteiger partial charge in [0.25, 0.3) is 0 Å². The lowest BCUT2D eigenvalue weighted by molar-refractivity contribution is 0.115. The third kappa shape index (κ3) is 6.04. The molecule has 0 aromatic heterocycles. The number of hydrogen-bond donors (Lipinski definition) is 0. The molecule has 0 heterocycles. The van der Waals surface area contributed by atoms with Gasteiger partial charge in [-0.1, -0.05) is 54.7 Å². The fourth-order valence-corrected chi connectivity index (χ4v) is 5.91. The lowest BCUT2D eigenvalue weighted by atomic mass is 9.63. The van der Waals surface area contributed by atoms with Gasteiger partial charge in [0.05, 0.1) is 0 Å². The highest BCUT2D eigenvalue weighted by Gasteiger charge is 2.35. The third-order valence-electron chi connectivity index (χ3n) is 7.83. The van der Waals surface area contributed by atoms with E-state index in [4.69, 9.17) is 0 Å². The van der Waals surface area contributed by atoms with Crippen molar-refractivity contribution in [3.05, 3.63) is 96.1 Å². The van der Waals surface area contributed by atoms with Gasteiger partial charge in [-0.25, -0.2) is 0 Å². The van der Waals surface area contributed by atoms with Crippen molar-refractivity contribution in [1.29, 1.82) is 0 Å². The Balaban J connectivity index is 1.31. The molecule has 4 rings (SSSR count). The Labute approximate surface area is 195 Å². The van der Waals surface area contributed by atoms with Crippen molar-refractivity contribution in [1.82, 2.24) is 0 Å². The van der Waals surface area contributed by atoms with Crippen molar-refractivity contribution >= 4 is 0 Å². The number of allylic oxidation sites excluding steroid dienone is 2. The summed E-state index contributed by atoms with van der Waals surface area (Å²) >= 11 is 0. The van der Waals surface area contributed by atoms with E-state index in [0.717, 1.165) is 47.6 Å².